The Kier molecular flexibility index (Phi) is 16.7. The highest BCUT2D eigenvalue weighted by atomic mass is 16.5. The summed E-state index contributed by atoms with van der Waals surface area (Å²) >= 11 is 0. The highest BCUT2D eigenvalue weighted by molar-refractivity contribution is 4.79. The van der Waals surface area contributed by atoms with Crippen molar-refractivity contribution in [3.63, 3.8) is 0 Å². The van der Waals surface area contributed by atoms with Crippen molar-refractivity contribution in [2.24, 2.45) is 0 Å². The lowest BCUT2D eigenvalue weighted by Gasteiger charge is -2.07. The van der Waals surface area contributed by atoms with Crippen LogP contribution in [-0.4, -0.2) is 72.3 Å². The summed E-state index contributed by atoms with van der Waals surface area (Å²) in [7, 11) is 0. The van der Waals surface area contributed by atoms with E-state index in [4.69, 9.17) is 34.6 Å². The van der Waals surface area contributed by atoms with Crippen molar-refractivity contribution in [1.29, 1.82) is 0 Å². The Morgan fingerprint density at radius 1 is 0.739 bits per heavy atom. The number of rotatable bonds is 16. The summed E-state index contributed by atoms with van der Waals surface area (Å²) in [4.78, 5) is 0. The van der Waals surface area contributed by atoms with Gasteiger partial charge in [-0.2, -0.15) is 0 Å². The van der Waals surface area contributed by atoms with Crippen LogP contribution in [0, 0.1) is 0 Å². The van der Waals surface area contributed by atoms with Crippen LogP contribution in [0.1, 0.15) is 25.7 Å². The maximum Gasteiger partial charge on any atom is 0.100 e. The van der Waals surface area contributed by atoms with Gasteiger partial charge >= 0.3 is 0 Å². The molecule has 0 fully saturated rings. The predicted molar refractivity (Wildman–Crippen MR) is 85.7 cm³/mol. The first kappa shape index (κ1) is 22.0. The number of unbranched alkanes of at least 4 members (excludes halogenated alkanes) is 2. The minimum atomic E-state index is -0.802. The second kappa shape index (κ2) is 17.4. The Morgan fingerprint density at radius 2 is 1.17 bits per heavy atom. The Morgan fingerprint density at radius 3 is 1.57 bits per heavy atom. The second-order valence-electron chi connectivity index (χ2n) is 4.99. The SMILES string of the molecule is OCC(O)COCCCC=COC=CCCCOCC(O)CO. The molecule has 0 aromatic heterocycles. The van der Waals surface area contributed by atoms with Gasteiger partial charge < -0.3 is 34.6 Å². The van der Waals surface area contributed by atoms with Crippen molar-refractivity contribution >= 4 is 0 Å². The van der Waals surface area contributed by atoms with E-state index in [0.29, 0.717) is 13.2 Å². The third-order valence-corrected chi connectivity index (χ3v) is 2.71. The zero-order valence-electron chi connectivity index (χ0n) is 13.5. The molecule has 0 aliphatic heterocycles. The molecule has 2 unspecified atom stereocenters. The van der Waals surface area contributed by atoms with Crippen molar-refractivity contribution in [1.82, 2.24) is 0 Å². The van der Waals surface area contributed by atoms with Crippen molar-refractivity contribution in [3.05, 3.63) is 24.7 Å². The fourth-order valence-electron chi connectivity index (χ4n) is 1.44. The number of hydrogen-bond donors (Lipinski definition) is 4. The van der Waals surface area contributed by atoms with Crippen LogP contribution in [-0.2, 0) is 14.2 Å². The van der Waals surface area contributed by atoms with E-state index in [9.17, 15) is 0 Å². The maximum atomic E-state index is 9.04. The normalized spacial score (nSPS) is 14.6. The van der Waals surface area contributed by atoms with Crippen molar-refractivity contribution in [3.8, 4) is 0 Å². The summed E-state index contributed by atoms with van der Waals surface area (Å²) in [5.41, 5.74) is 0. The molecule has 4 N–H and O–H groups in total. The highest BCUT2D eigenvalue weighted by Gasteiger charge is 2.00. The Bertz CT molecular complexity index is 266. The van der Waals surface area contributed by atoms with Gasteiger partial charge in [0.1, 0.15) is 12.2 Å². The molecular formula is C16H30O7. The zero-order chi connectivity index (χ0) is 17.2. The topological polar surface area (TPSA) is 109 Å². The number of aliphatic hydroxyl groups is 4. The molecule has 0 amide bonds. The summed E-state index contributed by atoms with van der Waals surface area (Å²) in [6, 6.07) is 0. The number of allylic oxidation sites excluding steroid dienone is 2. The van der Waals surface area contributed by atoms with Gasteiger partial charge in [-0.05, 0) is 37.8 Å². The van der Waals surface area contributed by atoms with Crippen LogP contribution in [0.3, 0.4) is 0 Å². The summed E-state index contributed by atoms with van der Waals surface area (Å²) in [5.74, 6) is 0. The molecule has 0 aromatic carbocycles. The molecule has 0 saturated heterocycles. The van der Waals surface area contributed by atoms with E-state index in [1.807, 2.05) is 12.2 Å². The average molecular weight is 334 g/mol. The van der Waals surface area contributed by atoms with Gasteiger partial charge in [0.2, 0.25) is 0 Å². The smallest absolute Gasteiger partial charge is 0.100 e. The molecule has 136 valence electrons. The first-order valence-corrected chi connectivity index (χ1v) is 7.89. The molecule has 2 atom stereocenters. The van der Waals surface area contributed by atoms with E-state index >= 15 is 0 Å². The summed E-state index contributed by atoms with van der Waals surface area (Å²) in [5, 5.41) is 35.2. The molecule has 0 aliphatic carbocycles. The van der Waals surface area contributed by atoms with Crippen LogP contribution in [0.4, 0.5) is 0 Å². The number of ether oxygens (including phenoxy) is 3. The van der Waals surface area contributed by atoms with Crippen LogP contribution in [0.2, 0.25) is 0 Å². The van der Waals surface area contributed by atoms with Gasteiger partial charge in [0.25, 0.3) is 0 Å². The van der Waals surface area contributed by atoms with Crippen LogP contribution in [0.15, 0.2) is 24.7 Å². The van der Waals surface area contributed by atoms with E-state index in [0.717, 1.165) is 25.7 Å². The molecule has 0 bridgehead atoms. The lowest BCUT2D eigenvalue weighted by Crippen LogP contribution is -2.19. The van der Waals surface area contributed by atoms with Gasteiger partial charge in [0.15, 0.2) is 0 Å². The molecule has 0 aromatic rings. The Hall–Kier alpha value is -0.960. The molecule has 0 aliphatic rings. The van der Waals surface area contributed by atoms with Crippen molar-refractivity contribution < 1.29 is 34.6 Å². The van der Waals surface area contributed by atoms with Gasteiger partial charge in [0.05, 0.1) is 39.0 Å². The largest absolute Gasteiger partial charge is 0.473 e. The first-order valence-electron chi connectivity index (χ1n) is 7.89. The van der Waals surface area contributed by atoms with Crippen LogP contribution < -0.4 is 0 Å². The van der Waals surface area contributed by atoms with E-state index in [2.05, 4.69) is 0 Å². The van der Waals surface area contributed by atoms with E-state index < -0.39 is 12.2 Å². The lowest BCUT2D eigenvalue weighted by molar-refractivity contribution is 0.00582. The fourth-order valence-corrected chi connectivity index (χ4v) is 1.44. The zero-order valence-corrected chi connectivity index (χ0v) is 13.5. The number of hydrogen-bond acceptors (Lipinski definition) is 7. The monoisotopic (exact) mass is 334 g/mol. The number of aliphatic hydroxyl groups excluding tert-OH is 4. The second-order valence-corrected chi connectivity index (χ2v) is 4.99. The van der Waals surface area contributed by atoms with Gasteiger partial charge in [-0.15, -0.1) is 0 Å². The highest BCUT2D eigenvalue weighted by Crippen LogP contribution is 1.96. The molecule has 23 heavy (non-hydrogen) atoms. The van der Waals surface area contributed by atoms with Crippen LogP contribution in [0.5, 0.6) is 0 Å². The molecule has 0 heterocycles. The fraction of sp³-hybridized carbons (Fsp3) is 0.750. The minimum Gasteiger partial charge on any atom is -0.473 e. The van der Waals surface area contributed by atoms with Crippen molar-refractivity contribution in [2.75, 3.05) is 39.6 Å². The van der Waals surface area contributed by atoms with E-state index in [1.165, 1.54) is 0 Å². The Balaban J connectivity index is 3.26. The summed E-state index contributed by atoms with van der Waals surface area (Å²) in [6.07, 6.45) is 8.63. The van der Waals surface area contributed by atoms with Gasteiger partial charge in [-0.1, -0.05) is 0 Å². The molecule has 7 heteroatoms. The molecule has 7 nitrogen and oxygen atoms in total. The summed E-state index contributed by atoms with van der Waals surface area (Å²) < 4.78 is 15.5. The third kappa shape index (κ3) is 17.2. The van der Waals surface area contributed by atoms with Gasteiger partial charge in [-0.3, -0.25) is 0 Å². The predicted octanol–water partition coefficient (Wildman–Crippen LogP) is 0.330. The van der Waals surface area contributed by atoms with Crippen LogP contribution >= 0.6 is 0 Å². The molecular weight excluding hydrogens is 304 g/mol. The van der Waals surface area contributed by atoms with Crippen LogP contribution in [0.25, 0.3) is 0 Å². The molecule has 0 radical (unpaired) electrons. The standard InChI is InChI=1S/C16H30O7/c17-11-15(19)13-22-9-5-1-3-7-21-8-4-2-6-10-23-14-16(20)12-18/h3-4,7-8,15-20H,1-2,5-6,9-14H2. The quantitative estimate of drug-likeness (QED) is 0.238. The summed E-state index contributed by atoms with van der Waals surface area (Å²) in [6.45, 7) is 0.808. The molecule has 0 rings (SSSR count). The van der Waals surface area contributed by atoms with Gasteiger partial charge in [0, 0.05) is 13.2 Å². The van der Waals surface area contributed by atoms with Gasteiger partial charge in [-0.25, -0.2) is 0 Å². The molecule has 0 spiro atoms. The minimum absolute atomic E-state index is 0.155. The Labute approximate surface area is 137 Å². The maximum absolute atomic E-state index is 9.04. The van der Waals surface area contributed by atoms with Crippen molar-refractivity contribution in [2.45, 2.75) is 37.9 Å². The third-order valence-electron chi connectivity index (χ3n) is 2.71. The average Bonchev–Trinajstić information content (AvgIpc) is 2.57. The molecule has 0 saturated carbocycles. The first-order chi connectivity index (χ1) is 11.2. The van der Waals surface area contributed by atoms with E-state index in [1.54, 1.807) is 12.5 Å². The van der Waals surface area contributed by atoms with E-state index in [-0.39, 0.29) is 26.4 Å². The lowest BCUT2D eigenvalue weighted by atomic mass is 10.3.